The van der Waals surface area contributed by atoms with Gasteiger partial charge in [0.25, 0.3) is 5.91 Å². The van der Waals surface area contributed by atoms with Gasteiger partial charge in [-0.15, -0.1) is 0 Å². The van der Waals surface area contributed by atoms with Gasteiger partial charge in [-0.25, -0.2) is 0 Å². The molecule has 1 aromatic heterocycles. The number of likely N-dealkylation sites (N-methyl/N-ethyl adjacent to an activating group) is 1. The van der Waals surface area contributed by atoms with E-state index in [0.29, 0.717) is 24.2 Å². The molecule has 206 valence electrons. The molecule has 1 aliphatic carbocycles. The first-order chi connectivity index (χ1) is 18.1. The maximum absolute atomic E-state index is 14.6. The molecule has 7 heteroatoms. The summed E-state index contributed by atoms with van der Waals surface area (Å²) in [5, 5.41) is 3.34. The fourth-order valence-corrected chi connectivity index (χ4v) is 5.92. The molecule has 7 nitrogen and oxygen atoms in total. The number of hydrogen-bond donors (Lipinski definition) is 1. The molecule has 1 saturated carbocycles. The van der Waals surface area contributed by atoms with Gasteiger partial charge in [0.05, 0.1) is 12.1 Å². The standard InChI is InChI=1S/C31H44N4O3/c1-30(2,3)22-14-16-25(17-15-22)35(28(36)27-19-26(38-6)21-33-27)31(4,23-11-10-18-32-20-23)29(37)34(5)24-12-8-7-9-13-24/h10-11,14-18,20,24,26-27,33H,7-9,12-13,19,21H2,1-6H3. The molecule has 38 heavy (non-hydrogen) atoms. The van der Waals surface area contributed by atoms with Crippen molar-refractivity contribution in [1.82, 2.24) is 15.2 Å². The van der Waals surface area contributed by atoms with E-state index < -0.39 is 11.6 Å². The number of carbonyl (C=O) groups excluding carboxylic acids is 2. The molecule has 0 bridgehead atoms. The lowest BCUT2D eigenvalue weighted by molar-refractivity contribution is -0.140. The third-order valence-electron chi connectivity index (χ3n) is 8.46. The summed E-state index contributed by atoms with van der Waals surface area (Å²) in [6.07, 6.45) is 9.35. The van der Waals surface area contributed by atoms with Crippen LogP contribution in [0, 0.1) is 0 Å². The number of ether oxygens (including phenoxy) is 1. The van der Waals surface area contributed by atoms with E-state index in [-0.39, 0.29) is 29.4 Å². The third kappa shape index (κ3) is 5.64. The highest BCUT2D eigenvalue weighted by Gasteiger charge is 2.49. The zero-order valence-corrected chi connectivity index (χ0v) is 23.9. The van der Waals surface area contributed by atoms with E-state index in [1.54, 1.807) is 24.4 Å². The SMILES string of the molecule is COC1CNC(C(=O)N(c2ccc(C(C)(C)C)cc2)C(C)(C(=O)N(C)C2CCCCC2)c2cccnc2)C1. The lowest BCUT2D eigenvalue weighted by atomic mass is 9.85. The van der Waals surface area contributed by atoms with Gasteiger partial charge in [-0.1, -0.05) is 58.2 Å². The zero-order chi connectivity index (χ0) is 27.5. The minimum absolute atomic E-state index is 0.0320. The van der Waals surface area contributed by atoms with Crippen LogP contribution in [0.3, 0.4) is 0 Å². The van der Waals surface area contributed by atoms with E-state index >= 15 is 0 Å². The molecule has 0 spiro atoms. The summed E-state index contributed by atoms with van der Waals surface area (Å²) in [5.41, 5.74) is 1.24. The fraction of sp³-hybridized carbons (Fsp3) is 0.581. The highest BCUT2D eigenvalue weighted by molar-refractivity contribution is 6.06. The minimum atomic E-state index is -1.28. The number of amides is 2. The predicted octanol–water partition coefficient (Wildman–Crippen LogP) is 4.80. The van der Waals surface area contributed by atoms with Gasteiger partial charge in [-0.3, -0.25) is 19.5 Å². The van der Waals surface area contributed by atoms with Crippen LogP contribution in [0.2, 0.25) is 0 Å². The molecule has 1 saturated heterocycles. The minimum Gasteiger partial charge on any atom is -0.380 e. The average molecular weight is 521 g/mol. The van der Waals surface area contributed by atoms with Gasteiger partial charge in [0.2, 0.25) is 5.91 Å². The average Bonchev–Trinajstić information content (AvgIpc) is 3.42. The number of anilines is 1. The number of carbonyl (C=O) groups is 2. The van der Waals surface area contributed by atoms with Crippen LogP contribution in [-0.2, 0) is 25.3 Å². The summed E-state index contributed by atoms with van der Waals surface area (Å²) in [4.78, 5) is 37.0. The van der Waals surface area contributed by atoms with E-state index in [1.807, 2.05) is 43.1 Å². The second-order valence-corrected chi connectivity index (χ2v) is 12.0. The second-order valence-electron chi connectivity index (χ2n) is 12.0. The number of hydrogen-bond acceptors (Lipinski definition) is 5. The summed E-state index contributed by atoms with van der Waals surface area (Å²) < 4.78 is 5.55. The fourth-order valence-electron chi connectivity index (χ4n) is 5.92. The van der Waals surface area contributed by atoms with E-state index in [4.69, 9.17) is 4.74 Å². The normalized spacial score (nSPS) is 22.1. The Kier molecular flexibility index (Phi) is 8.58. The molecule has 1 N–H and O–H groups in total. The van der Waals surface area contributed by atoms with Gasteiger partial charge in [0, 0.05) is 50.4 Å². The first kappa shape index (κ1) is 28.2. The Morgan fingerprint density at radius 3 is 2.24 bits per heavy atom. The van der Waals surface area contributed by atoms with E-state index in [2.05, 4.69) is 43.2 Å². The first-order valence-electron chi connectivity index (χ1n) is 14.0. The van der Waals surface area contributed by atoms with E-state index in [9.17, 15) is 9.59 Å². The number of nitrogens with zero attached hydrogens (tertiary/aromatic N) is 3. The van der Waals surface area contributed by atoms with E-state index in [1.165, 1.54) is 12.0 Å². The van der Waals surface area contributed by atoms with Crippen molar-refractivity contribution in [2.24, 2.45) is 0 Å². The van der Waals surface area contributed by atoms with Crippen molar-refractivity contribution < 1.29 is 14.3 Å². The Bertz CT molecular complexity index is 1090. The van der Waals surface area contributed by atoms with Crippen LogP contribution < -0.4 is 10.2 Å². The number of nitrogens with one attached hydrogen (secondary N) is 1. The molecule has 2 amide bonds. The van der Waals surface area contributed by atoms with Gasteiger partial charge in [-0.05, 0) is 55.4 Å². The van der Waals surface area contributed by atoms with Crippen LogP contribution in [0.4, 0.5) is 5.69 Å². The molecule has 1 aromatic carbocycles. The number of pyridine rings is 1. The van der Waals surface area contributed by atoms with Gasteiger partial charge < -0.3 is 15.0 Å². The molecule has 2 fully saturated rings. The number of benzene rings is 1. The van der Waals surface area contributed by atoms with Crippen molar-refractivity contribution in [2.45, 2.75) is 95.4 Å². The zero-order valence-electron chi connectivity index (χ0n) is 23.9. The quantitative estimate of drug-likeness (QED) is 0.568. The van der Waals surface area contributed by atoms with Crippen LogP contribution >= 0.6 is 0 Å². The van der Waals surface area contributed by atoms with Crippen molar-refractivity contribution in [3.8, 4) is 0 Å². The van der Waals surface area contributed by atoms with E-state index in [0.717, 1.165) is 25.7 Å². The molecule has 3 atom stereocenters. The monoisotopic (exact) mass is 520 g/mol. The van der Waals surface area contributed by atoms with Crippen molar-refractivity contribution in [1.29, 1.82) is 0 Å². The van der Waals surface area contributed by atoms with Crippen molar-refractivity contribution >= 4 is 17.5 Å². The molecule has 4 rings (SSSR count). The Balaban J connectivity index is 1.84. The maximum atomic E-state index is 14.6. The van der Waals surface area contributed by atoms with Crippen LogP contribution in [0.25, 0.3) is 0 Å². The number of methoxy groups -OCH3 is 1. The lowest BCUT2D eigenvalue weighted by Crippen LogP contribution is -2.61. The van der Waals surface area contributed by atoms with Crippen molar-refractivity contribution in [2.75, 3.05) is 25.6 Å². The largest absolute Gasteiger partial charge is 0.380 e. The topological polar surface area (TPSA) is 74.8 Å². The van der Waals surface area contributed by atoms with Crippen LogP contribution in [0.15, 0.2) is 48.8 Å². The first-order valence-corrected chi connectivity index (χ1v) is 14.0. The Labute approximate surface area is 228 Å². The second kappa shape index (κ2) is 11.5. The summed E-state index contributed by atoms with van der Waals surface area (Å²) in [7, 11) is 3.57. The molecular weight excluding hydrogens is 476 g/mol. The summed E-state index contributed by atoms with van der Waals surface area (Å²) in [6.45, 7) is 8.98. The summed E-state index contributed by atoms with van der Waals surface area (Å²) >= 11 is 0. The third-order valence-corrected chi connectivity index (χ3v) is 8.46. The molecule has 2 aromatic rings. The van der Waals surface area contributed by atoms with Crippen molar-refractivity contribution in [3.05, 3.63) is 59.9 Å². The lowest BCUT2D eigenvalue weighted by Gasteiger charge is -2.45. The molecule has 1 aliphatic heterocycles. The van der Waals surface area contributed by atoms with Crippen LogP contribution in [0.5, 0.6) is 0 Å². The maximum Gasteiger partial charge on any atom is 0.253 e. The van der Waals surface area contributed by atoms with Crippen LogP contribution in [-0.4, -0.2) is 60.6 Å². The highest BCUT2D eigenvalue weighted by Crippen LogP contribution is 2.38. The molecule has 3 unspecified atom stereocenters. The summed E-state index contributed by atoms with van der Waals surface area (Å²) in [6, 6.07) is 11.5. The Hall–Kier alpha value is -2.77. The van der Waals surface area contributed by atoms with Crippen molar-refractivity contribution in [3.63, 3.8) is 0 Å². The van der Waals surface area contributed by atoms with Gasteiger partial charge in [0.1, 0.15) is 0 Å². The molecule has 2 heterocycles. The van der Waals surface area contributed by atoms with Gasteiger partial charge >= 0.3 is 0 Å². The Morgan fingerprint density at radius 1 is 1.00 bits per heavy atom. The molecular formula is C31H44N4O3. The number of rotatable bonds is 7. The van der Waals surface area contributed by atoms with Gasteiger partial charge in [-0.2, -0.15) is 0 Å². The van der Waals surface area contributed by atoms with Gasteiger partial charge in [0.15, 0.2) is 5.54 Å². The van der Waals surface area contributed by atoms with Crippen LogP contribution in [0.1, 0.15) is 77.3 Å². The number of aromatic nitrogens is 1. The predicted molar refractivity (Wildman–Crippen MR) is 151 cm³/mol. The summed E-state index contributed by atoms with van der Waals surface area (Å²) in [5.74, 6) is -0.225. The smallest absolute Gasteiger partial charge is 0.253 e. The molecule has 2 aliphatic rings. The Morgan fingerprint density at radius 2 is 1.68 bits per heavy atom. The highest BCUT2D eigenvalue weighted by atomic mass is 16.5. The molecule has 0 radical (unpaired) electrons.